The number of hydrogen-bond donors (Lipinski definition) is 0. The van der Waals surface area contributed by atoms with Gasteiger partial charge in [-0.1, -0.05) is 30.3 Å². The van der Waals surface area contributed by atoms with Crippen molar-refractivity contribution in [3.8, 4) is 0 Å². The maximum atomic E-state index is 14.2. The van der Waals surface area contributed by atoms with Gasteiger partial charge in [0, 0.05) is 12.6 Å². The Morgan fingerprint density at radius 3 is 1.92 bits per heavy atom. The molecule has 0 radical (unpaired) electrons. The lowest BCUT2D eigenvalue weighted by molar-refractivity contribution is -0.130. The lowest BCUT2D eigenvalue weighted by atomic mass is 9.82. The van der Waals surface area contributed by atoms with E-state index in [0.29, 0.717) is 35.5 Å². The van der Waals surface area contributed by atoms with Crippen LogP contribution in [-0.2, 0) is 10.3 Å². The largest absolute Gasteiger partial charge is 0.303 e. The second-order valence-electron chi connectivity index (χ2n) is 9.98. The number of rotatable bonds is 7. The van der Waals surface area contributed by atoms with Gasteiger partial charge in [-0.25, -0.2) is 22.6 Å². The highest BCUT2D eigenvalue weighted by molar-refractivity contribution is 6.09. The minimum Gasteiger partial charge on any atom is -0.303 e. The first-order chi connectivity index (χ1) is 18.3. The molecular weight excluding hydrogens is 494 g/mol. The summed E-state index contributed by atoms with van der Waals surface area (Å²) in [7, 11) is 0. The highest BCUT2D eigenvalue weighted by Gasteiger charge is 2.49. The molecule has 0 atom stereocenters. The summed E-state index contributed by atoms with van der Waals surface area (Å²) >= 11 is 0. The molecule has 0 N–H and O–H groups in total. The predicted molar refractivity (Wildman–Crippen MR) is 138 cm³/mol. The van der Waals surface area contributed by atoms with Crippen LogP contribution in [0, 0.1) is 23.3 Å². The fourth-order valence-corrected chi connectivity index (χ4v) is 5.63. The van der Waals surface area contributed by atoms with Crippen molar-refractivity contribution >= 4 is 11.7 Å². The lowest BCUT2D eigenvalue weighted by Gasteiger charge is -2.33. The molecule has 1 amide bonds. The Labute approximate surface area is 219 Å². The average molecular weight is 524 g/mol. The Kier molecular flexibility index (Phi) is 7.34. The van der Waals surface area contributed by atoms with Crippen LogP contribution in [0.5, 0.6) is 0 Å². The topological polar surface area (TPSA) is 35.9 Å². The van der Waals surface area contributed by atoms with Crippen LogP contribution in [0.3, 0.4) is 0 Å². The molecule has 4 nitrogen and oxygen atoms in total. The summed E-state index contributed by atoms with van der Waals surface area (Å²) in [5.41, 5.74) is 0.210. The zero-order valence-electron chi connectivity index (χ0n) is 21.1. The summed E-state index contributed by atoms with van der Waals surface area (Å²) < 4.78 is 54.8. The molecule has 3 aromatic carbocycles. The third-order valence-corrected chi connectivity index (χ3v) is 7.64. The fourth-order valence-electron chi connectivity index (χ4n) is 5.63. The standard InChI is InChI=1S/C30H29F4N3O/c1-20-35-30(22-3-7-24(31)8-4-22,23-5-9-25(32)10-6-23)29(38)37(20)16-2-15-36-17-13-21(14-18-36)27-12-11-26(33)19-28(27)34/h3-12,19,21H,2,13-18H2,1H3. The van der Waals surface area contributed by atoms with Gasteiger partial charge in [0.05, 0.1) is 0 Å². The highest BCUT2D eigenvalue weighted by Crippen LogP contribution is 2.40. The number of benzene rings is 3. The van der Waals surface area contributed by atoms with Gasteiger partial charge in [-0.05, 0) is 98.8 Å². The minimum absolute atomic E-state index is 0.0634. The number of carbonyl (C=O) groups excluding carboxylic acids is 1. The summed E-state index contributed by atoms with van der Waals surface area (Å²) in [6, 6.07) is 15.2. The average Bonchev–Trinajstić information content (AvgIpc) is 3.16. The number of piperidine rings is 1. The van der Waals surface area contributed by atoms with Gasteiger partial charge in [-0.15, -0.1) is 0 Å². The van der Waals surface area contributed by atoms with Gasteiger partial charge in [0.1, 0.15) is 29.1 Å². The van der Waals surface area contributed by atoms with Gasteiger partial charge < -0.3 is 4.90 Å². The second-order valence-corrected chi connectivity index (χ2v) is 9.98. The zero-order chi connectivity index (χ0) is 26.9. The third-order valence-electron chi connectivity index (χ3n) is 7.64. The van der Waals surface area contributed by atoms with E-state index in [-0.39, 0.29) is 11.8 Å². The number of aliphatic imine (C=N–C) groups is 1. The molecule has 0 aliphatic carbocycles. The van der Waals surface area contributed by atoms with Crippen molar-refractivity contribution in [1.29, 1.82) is 0 Å². The number of likely N-dealkylation sites (tertiary alicyclic amines) is 1. The Morgan fingerprint density at radius 2 is 1.37 bits per heavy atom. The molecule has 3 aromatic rings. The van der Waals surface area contributed by atoms with E-state index in [1.165, 1.54) is 30.3 Å². The van der Waals surface area contributed by atoms with E-state index in [1.807, 2.05) is 0 Å². The van der Waals surface area contributed by atoms with E-state index < -0.39 is 28.8 Å². The fraction of sp³-hybridized carbons (Fsp3) is 0.333. The molecule has 0 unspecified atom stereocenters. The van der Waals surface area contributed by atoms with Crippen LogP contribution >= 0.6 is 0 Å². The lowest BCUT2D eigenvalue weighted by Crippen LogP contribution is -2.43. The van der Waals surface area contributed by atoms with Gasteiger partial charge in [-0.2, -0.15) is 0 Å². The zero-order valence-corrected chi connectivity index (χ0v) is 21.1. The molecule has 2 aliphatic rings. The van der Waals surface area contributed by atoms with E-state index in [1.54, 1.807) is 42.2 Å². The van der Waals surface area contributed by atoms with Crippen molar-refractivity contribution in [1.82, 2.24) is 9.80 Å². The Balaban J connectivity index is 1.25. The van der Waals surface area contributed by atoms with Crippen molar-refractivity contribution in [2.24, 2.45) is 4.99 Å². The van der Waals surface area contributed by atoms with Crippen molar-refractivity contribution in [2.75, 3.05) is 26.2 Å². The molecule has 198 valence electrons. The molecule has 38 heavy (non-hydrogen) atoms. The Morgan fingerprint density at radius 1 is 0.816 bits per heavy atom. The molecule has 5 rings (SSSR count). The number of hydrogen-bond acceptors (Lipinski definition) is 3. The van der Waals surface area contributed by atoms with E-state index in [9.17, 15) is 22.4 Å². The number of carbonyl (C=O) groups is 1. The summed E-state index contributed by atoms with van der Waals surface area (Å²) in [6.45, 7) is 4.56. The van der Waals surface area contributed by atoms with Gasteiger partial charge >= 0.3 is 0 Å². The van der Waals surface area contributed by atoms with Crippen LogP contribution in [0.4, 0.5) is 17.6 Å². The molecule has 8 heteroatoms. The van der Waals surface area contributed by atoms with Crippen LogP contribution < -0.4 is 0 Å². The molecule has 2 heterocycles. The van der Waals surface area contributed by atoms with E-state index in [2.05, 4.69) is 4.90 Å². The van der Waals surface area contributed by atoms with E-state index >= 15 is 0 Å². The summed E-state index contributed by atoms with van der Waals surface area (Å²) in [5, 5.41) is 0. The maximum Gasteiger partial charge on any atom is 0.265 e. The monoisotopic (exact) mass is 523 g/mol. The second kappa shape index (κ2) is 10.7. The molecule has 0 bridgehead atoms. The van der Waals surface area contributed by atoms with Crippen molar-refractivity contribution in [2.45, 2.75) is 37.6 Å². The molecule has 2 aliphatic heterocycles. The SMILES string of the molecule is CC1=NC(c2ccc(F)cc2)(c2ccc(F)cc2)C(=O)N1CCCN1CCC(c2ccc(F)cc2F)CC1. The van der Waals surface area contributed by atoms with Crippen LogP contribution in [0.25, 0.3) is 0 Å². The van der Waals surface area contributed by atoms with Crippen LogP contribution in [0.2, 0.25) is 0 Å². The molecule has 1 saturated heterocycles. The maximum absolute atomic E-state index is 14.2. The molecular formula is C30H29F4N3O. The van der Waals surface area contributed by atoms with E-state index in [4.69, 9.17) is 4.99 Å². The first kappa shape index (κ1) is 26.1. The van der Waals surface area contributed by atoms with Gasteiger partial charge in [0.2, 0.25) is 0 Å². The summed E-state index contributed by atoms with van der Waals surface area (Å²) in [6.07, 6.45) is 2.27. The normalized spacial score (nSPS) is 18.2. The van der Waals surface area contributed by atoms with Gasteiger partial charge in [-0.3, -0.25) is 9.69 Å². The molecule has 0 saturated carbocycles. The number of halogens is 4. The van der Waals surface area contributed by atoms with Crippen LogP contribution in [0.15, 0.2) is 71.7 Å². The Hall–Kier alpha value is -3.52. The highest BCUT2D eigenvalue weighted by atomic mass is 19.1. The molecule has 1 fully saturated rings. The van der Waals surface area contributed by atoms with Crippen molar-refractivity contribution in [3.63, 3.8) is 0 Å². The van der Waals surface area contributed by atoms with Crippen LogP contribution in [-0.4, -0.2) is 47.7 Å². The van der Waals surface area contributed by atoms with E-state index in [0.717, 1.165) is 38.5 Å². The third kappa shape index (κ3) is 4.97. The number of nitrogens with zero attached hydrogens (tertiary/aromatic N) is 3. The summed E-state index contributed by atoms with van der Waals surface area (Å²) in [4.78, 5) is 22.6. The smallest absolute Gasteiger partial charge is 0.265 e. The minimum atomic E-state index is -1.40. The van der Waals surface area contributed by atoms with Gasteiger partial charge in [0.15, 0.2) is 5.54 Å². The molecule has 0 spiro atoms. The number of amidine groups is 1. The number of amides is 1. The van der Waals surface area contributed by atoms with Crippen molar-refractivity contribution < 1.29 is 22.4 Å². The first-order valence-electron chi connectivity index (χ1n) is 12.9. The predicted octanol–water partition coefficient (Wildman–Crippen LogP) is 6.02. The quantitative estimate of drug-likeness (QED) is 0.355. The van der Waals surface area contributed by atoms with Crippen molar-refractivity contribution in [3.05, 3.63) is 107 Å². The Bertz CT molecular complexity index is 1290. The van der Waals surface area contributed by atoms with Gasteiger partial charge in [0.25, 0.3) is 5.91 Å². The summed E-state index contributed by atoms with van der Waals surface area (Å²) in [5.74, 6) is -1.53. The first-order valence-corrected chi connectivity index (χ1v) is 12.9. The molecule has 0 aromatic heterocycles. The van der Waals surface area contributed by atoms with Crippen LogP contribution in [0.1, 0.15) is 48.8 Å².